The molecule has 1 aromatic rings. The molecule has 0 aliphatic rings. The SMILES string of the molecule is CCCNc1cc(N(CCC#N)C(C)C)nc(C(C)C)n1. The van der Waals surface area contributed by atoms with Crippen LogP contribution in [0, 0.1) is 11.3 Å². The number of anilines is 2. The molecule has 0 saturated heterocycles. The van der Waals surface area contributed by atoms with E-state index in [4.69, 9.17) is 5.26 Å². The Morgan fingerprint density at radius 3 is 2.52 bits per heavy atom. The van der Waals surface area contributed by atoms with E-state index < -0.39 is 0 Å². The lowest BCUT2D eigenvalue weighted by atomic mass is 10.2. The van der Waals surface area contributed by atoms with Gasteiger partial charge >= 0.3 is 0 Å². The summed E-state index contributed by atoms with van der Waals surface area (Å²) in [7, 11) is 0. The van der Waals surface area contributed by atoms with Crippen LogP contribution in [0.2, 0.25) is 0 Å². The summed E-state index contributed by atoms with van der Waals surface area (Å²) in [5.74, 6) is 2.89. The van der Waals surface area contributed by atoms with Crippen molar-refractivity contribution in [1.29, 1.82) is 5.26 Å². The predicted octanol–water partition coefficient (Wildman–Crippen LogP) is 3.55. The highest BCUT2D eigenvalue weighted by atomic mass is 15.2. The van der Waals surface area contributed by atoms with Crippen LogP contribution >= 0.6 is 0 Å². The van der Waals surface area contributed by atoms with E-state index in [1.807, 2.05) is 6.07 Å². The lowest BCUT2D eigenvalue weighted by molar-refractivity contribution is 0.666. The van der Waals surface area contributed by atoms with Gasteiger partial charge in [-0.05, 0) is 20.3 Å². The maximum absolute atomic E-state index is 8.84. The van der Waals surface area contributed by atoms with Crippen LogP contribution in [0.5, 0.6) is 0 Å². The largest absolute Gasteiger partial charge is 0.370 e. The minimum absolute atomic E-state index is 0.275. The van der Waals surface area contributed by atoms with Gasteiger partial charge in [0.05, 0.1) is 12.5 Å². The number of nitrogens with zero attached hydrogens (tertiary/aromatic N) is 4. The molecule has 5 heteroatoms. The van der Waals surface area contributed by atoms with Crippen molar-refractivity contribution in [3.05, 3.63) is 11.9 Å². The lowest BCUT2D eigenvalue weighted by Crippen LogP contribution is -2.32. The predicted molar refractivity (Wildman–Crippen MR) is 87.6 cm³/mol. The molecular formula is C16H27N5. The monoisotopic (exact) mass is 289 g/mol. The van der Waals surface area contributed by atoms with Crippen molar-refractivity contribution in [1.82, 2.24) is 9.97 Å². The zero-order chi connectivity index (χ0) is 15.8. The average Bonchev–Trinajstić information content (AvgIpc) is 2.45. The van der Waals surface area contributed by atoms with Crippen LogP contribution in [0.15, 0.2) is 6.07 Å². The van der Waals surface area contributed by atoms with Gasteiger partial charge in [-0.15, -0.1) is 0 Å². The molecule has 21 heavy (non-hydrogen) atoms. The Labute approximate surface area is 128 Å². The molecule has 1 N–H and O–H groups in total. The van der Waals surface area contributed by atoms with Gasteiger partial charge in [0.1, 0.15) is 17.5 Å². The molecule has 0 fully saturated rings. The van der Waals surface area contributed by atoms with Gasteiger partial charge in [0, 0.05) is 31.1 Å². The van der Waals surface area contributed by atoms with Crippen molar-refractivity contribution in [3.63, 3.8) is 0 Å². The molecule has 0 bridgehead atoms. The number of aromatic nitrogens is 2. The molecule has 0 aliphatic carbocycles. The minimum atomic E-state index is 0.275. The maximum Gasteiger partial charge on any atom is 0.135 e. The molecule has 5 nitrogen and oxygen atoms in total. The number of hydrogen-bond donors (Lipinski definition) is 1. The molecule has 0 amide bonds. The molecule has 1 heterocycles. The normalized spacial score (nSPS) is 10.8. The van der Waals surface area contributed by atoms with Crippen LogP contribution in [0.4, 0.5) is 11.6 Å². The molecule has 1 aromatic heterocycles. The minimum Gasteiger partial charge on any atom is -0.370 e. The second-order valence-corrected chi connectivity index (χ2v) is 5.75. The van der Waals surface area contributed by atoms with Crippen LogP contribution < -0.4 is 10.2 Å². The fraction of sp³-hybridized carbons (Fsp3) is 0.688. The fourth-order valence-electron chi connectivity index (χ4n) is 2.01. The Morgan fingerprint density at radius 2 is 2.00 bits per heavy atom. The van der Waals surface area contributed by atoms with Gasteiger partial charge in [0.15, 0.2) is 0 Å². The van der Waals surface area contributed by atoms with Crippen molar-refractivity contribution >= 4 is 11.6 Å². The molecule has 0 saturated carbocycles. The van der Waals surface area contributed by atoms with Crippen LogP contribution in [-0.4, -0.2) is 29.1 Å². The highest BCUT2D eigenvalue weighted by Crippen LogP contribution is 2.22. The summed E-state index contributed by atoms with van der Waals surface area (Å²) < 4.78 is 0. The van der Waals surface area contributed by atoms with Gasteiger partial charge in [-0.1, -0.05) is 20.8 Å². The van der Waals surface area contributed by atoms with E-state index in [9.17, 15) is 0 Å². The molecule has 116 valence electrons. The highest BCUT2D eigenvalue weighted by molar-refractivity contribution is 5.50. The van der Waals surface area contributed by atoms with Gasteiger partial charge < -0.3 is 10.2 Å². The van der Waals surface area contributed by atoms with Crippen LogP contribution in [0.3, 0.4) is 0 Å². The van der Waals surface area contributed by atoms with Gasteiger partial charge in [-0.3, -0.25) is 0 Å². The molecule has 1 rings (SSSR count). The number of nitrogens with one attached hydrogen (secondary N) is 1. The smallest absolute Gasteiger partial charge is 0.135 e. The third-order valence-corrected chi connectivity index (χ3v) is 3.18. The molecule has 0 radical (unpaired) electrons. The first-order valence-corrected chi connectivity index (χ1v) is 7.76. The Morgan fingerprint density at radius 1 is 1.29 bits per heavy atom. The van der Waals surface area contributed by atoms with Gasteiger partial charge in [0.25, 0.3) is 0 Å². The first-order chi connectivity index (χ1) is 9.99. The van der Waals surface area contributed by atoms with Crippen LogP contribution in [0.25, 0.3) is 0 Å². The average molecular weight is 289 g/mol. The van der Waals surface area contributed by atoms with Crippen molar-refractivity contribution in [2.75, 3.05) is 23.3 Å². The lowest BCUT2D eigenvalue weighted by Gasteiger charge is -2.28. The zero-order valence-corrected chi connectivity index (χ0v) is 13.8. The Hall–Kier alpha value is -1.83. The first-order valence-electron chi connectivity index (χ1n) is 7.76. The summed E-state index contributed by atoms with van der Waals surface area (Å²) in [6.07, 6.45) is 1.55. The Bertz CT molecular complexity index is 476. The molecule has 0 aromatic carbocycles. The summed E-state index contributed by atoms with van der Waals surface area (Å²) >= 11 is 0. The summed E-state index contributed by atoms with van der Waals surface area (Å²) in [6, 6.07) is 4.49. The van der Waals surface area contributed by atoms with Crippen molar-refractivity contribution in [3.8, 4) is 6.07 Å². The topological polar surface area (TPSA) is 64.8 Å². The van der Waals surface area contributed by atoms with E-state index in [1.165, 1.54) is 0 Å². The van der Waals surface area contributed by atoms with E-state index in [-0.39, 0.29) is 5.92 Å². The van der Waals surface area contributed by atoms with Crippen LogP contribution in [0.1, 0.15) is 59.2 Å². The third-order valence-electron chi connectivity index (χ3n) is 3.18. The summed E-state index contributed by atoms with van der Waals surface area (Å²) in [4.78, 5) is 11.4. The Kier molecular flexibility index (Phi) is 6.93. The van der Waals surface area contributed by atoms with Crippen molar-refractivity contribution in [2.24, 2.45) is 0 Å². The van der Waals surface area contributed by atoms with Gasteiger partial charge in [-0.2, -0.15) is 5.26 Å². The van der Waals surface area contributed by atoms with E-state index in [1.54, 1.807) is 0 Å². The van der Waals surface area contributed by atoms with E-state index in [0.717, 1.165) is 30.4 Å². The highest BCUT2D eigenvalue weighted by Gasteiger charge is 2.15. The number of rotatable bonds is 8. The standard InChI is InChI=1S/C16H27N5/c1-6-9-18-14-11-15(20-16(19-14)12(2)3)21(13(4)5)10-7-8-17/h11-13H,6-7,9-10H2,1-5H3,(H,18,19,20). The molecule has 0 aliphatic heterocycles. The molecule has 0 unspecified atom stereocenters. The Balaban J connectivity index is 3.12. The first kappa shape index (κ1) is 17.2. The van der Waals surface area contributed by atoms with Gasteiger partial charge in [0.2, 0.25) is 0 Å². The summed E-state index contributed by atoms with van der Waals surface area (Å²) in [5.41, 5.74) is 0. The fourth-order valence-corrected chi connectivity index (χ4v) is 2.01. The molecule has 0 atom stereocenters. The second kappa shape index (κ2) is 8.46. The second-order valence-electron chi connectivity index (χ2n) is 5.75. The maximum atomic E-state index is 8.84. The quantitative estimate of drug-likeness (QED) is 0.793. The van der Waals surface area contributed by atoms with E-state index in [0.29, 0.717) is 19.0 Å². The van der Waals surface area contributed by atoms with E-state index >= 15 is 0 Å². The van der Waals surface area contributed by atoms with E-state index in [2.05, 4.69) is 60.9 Å². The molecular weight excluding hydrogens is 262 g/mol. The zero-order valence-electron chi connectivity index (χ0n) is 13.8. The summed E-state index contributed by atoms with van der Waals surface area (Å²) in [6.45, 7) is 12.1. The summed E-state index contributed by atoms with van der Waals surface area (Å²) in [5, 5.41) is 12.2. The third kappa shape index (κ3) is 5.22. The van der Waals surface area contributed by atoms with Crippen LogP contribution in [-0.2, 0) is 0 Å². The number of nitriles is 1. The van der Waals surface area contributed by atoms with Crippen molar-refractivity contribution < 1.29 is 0 Å². The number of hydrogen-bond acceptors (Lipinski definition) is 5. The van der Waals surface area contributed by atoms with Crippen molar-refractivity contribution in [2.45, 2.75) is 59.4 Å². The van der Waals surface area contributed by atoms with Gasteiger partial charge in [-0.25, -0.2) is 9.97 Å². The molecule has 0 spiro atoms.